The fraction of sp³-hybridized carbons (Fsp3) is 0.391. The Hall–Kier alpha value is -2.06. The van der Waals surface area contributed by atoms with Crippen molar-refractivity contribution in [1.29, 1.82) is 0 Å². The van der Waals surface area contributed by atoms with Gasteiger partial charge in [0.05, 0.1) is 40.2 Å². The Morgan fingerprint density at radius 3 is 3.03 bits per heavy atom. The first-order valence-corrected chi connectivity index (χ1v) is 12.3. The number of pyridine rings is 1. The van der Waals surface area contributed by atoms with Crippen LogP contribution in [-0.2, 0) is 4.74 Å². The first-order chi connectivity index (χ1) is 14.7. The summed E-state index contributed by atoms with van der Waals surface area (Å²) >= 11 is 3.53. The van der Waals surface area contributed by atoms with Gasteiger partial charge in [-0.1, -0.05) is 0 Å². The fourth-order valence-corrected chi connectivity index (χ4v) is 6.49. The van der Waals surface area contributed by atoms with Gasteiger partial charge in [-0.25, -0.2) is 9.97 Å². The Labute approximate surface area is 183 Å². The molecule has 5 nitrogen and oxygen atoms in total. The first kappa shape index (κ1) is 18.7. The van der Waals surface area contributed by atoms with Crippen molar-refractivity contribution >= 4 is 54.5 Å². The van der Waals surface area contributed by atoms with E-state index in [1.165, 1.54) is 34.3 Å². The minimum absolute atomic E-state index is 0.374. The van der Waals surface area contributed by atoms with Crippen LogP contribution in [0, 0.1) is 0 Å². The third-order valence-corrected chi connectivity index (χ3v) is 8.48. The van der Waals surface area contributed by atoms with Gasteiger partial charge in [0.15, 0.2) is 0 Å². The molecule has 0 aliphatic carbocycles. The van der Waals surface area contributed by atoms with E-state index in [-0.39, 0.29) is 0 Å². The molecule has 0 amide bonds. The number of thiazole rings is 1. The predicted molar refractivity (Wildman–Crippen MR) is 125 cm³/mol. The van der Waals surface area contributed by atoms with Crippen molar-refractivity contribution in [2.24, 2.45) is 0 Å². The lowest BCUT2D eigenvalue weighted by Gasteiger charge is -2.45. The average molecular weight is 437 g/mol. The van der Waals surface area contributed by atoms with E-state index < -0.39 is 0 Å². The van der Waals surface area contributed by atoms with Crippen LogP contribution in [0.3, 0.4) is 0 Å². The molecular weight excluding hydrogens is 412 g/mol. The Balaban J connectivity index is 1.28. The molecule has 3 aromatic heterocycles. The molecule has 0 spiro atoms. The monoisotopic (exact) mass is 436 g/mol. The molecule has 7 heteroatoms. The molecule has 2 saturated heterocycles. The first-order valence-electron chi connectivity index (χ1n) is 10.6. The van der Waals surface area contributed by atoms with Crippen LogP contribution in [0.15, 0.2) is 42.0 Å². The molecule has 2 fully saturated rings. The van der Waals surface area contributed by atoms with Crippen LogP contribution in [0.4, 0.5) is 11.4 Å². The SMILES string of the molecule is C[C@H]1OC[C@H]1N1CCCC(c2cc3c(Nc4ccc5scnc5c4)ccnc3s2)C1. The molecule has 1 unspecified atom stereocenters. The number of anilines is 2. The number of nitrogens with zero attached hydrogens (tertiary/aromatic N) is 3. The van der Waals surface area contributed by atoms with Crippen molar-refractivity contribution in [2.75, 3.05) is 25.0 Å². The molecule has 30 heavy (non-hydrogen) atoms. The van der Waals surface area contributed by atoms with Crippen molar-refractivity contribution in [3.8, 4) is 0 Å². The lowest BCUT2D eigenvalue weighted by molar-refractivity contribution is -0.129. The molecule has 0 radical (unpaired) electrons. The van der Waals surface area contributed by atoms with E-state index in [2.05, 4.69) is 57.4 Å². The lowest BCUT2D eigenvalue weighted by Crippen LogP contribution is -2.56. The van der Waals surface area contributed by atoms with E-state index in [4.69, 9.17) is 4.74 Å². The number of aromatic nitrogens is 2. The summed E-state index contributed by atoms with van der Waals surface area (Å²) in [7, 11) is 0. The third kappa shape index (κ3) is 3.30. The largest absolute Gasteiger partial charge is 0.375 e. The number of rotatable bonds is 4. The van der Waals surface area contributed by atoms with Crippen molar-refractivity contribution in [3.63, 3.8) is 0 Å². The Morgan fingerprint density at radius 2 is 2.17 bits per heavy atom. The zero-order chi connectivity index (χ0) is 20.1. The van der Waals surface area contributed by atoms with Crippen molar-refractivity contribution in [3.05, 3.63) is 46.9 Å². The van der Waals surface area contributed by atoms with Crippen LogP contribution in [-0.4, -0.2) is 46.7 Å². The van der Waals surface area contributed by atoms with Gasteiger partial charge in [-0.2, -0.15) is 0 Å². The number of ether oxygens (including phenoxy) is 1. The summed E-state index contributed by atoms with van der Waals surface area (Å²) < 4.78 is 6.83. The number of fused-ring (bicyclic) bond motifs is 2. The van der Waals surface area contributed by atoms with E-state index in [9.17, 15) is 0 Å². The molecule has 0 bridgehead atoms. The standard InChI is InChI=1S/C23H24N4OS2/c1-14-20(12-28-14)27-8-2-3-15(11-27)22-10-17-18(6-7-24-23(17)30-22)26-16-4-5-21-19(9-16)25-13-29-21/h4-7,9-10,13-15,20H,2-3,8,11-12H2,1H3,(H,24,26)/t14-,15?,20-/m1/s1. The number of nitrogens with one attached hydrogen (secondary N) is 1. The van der Waals surface area contributed by atoms with Gasteiger partial charge in [-0.15, -0.1) is 22.7 Å². The number of hydrogen-bond acceptors (Lipinski definition) is 7. The minimum Gasteiger partial charge on any atom is -0.375 e. The zero-order valence-electron chi connectivity index (χ0n) is 16.9. The number of piperidine rings is 1. The minimum atomic E-state index is 0.374. The maximum atomic E-state index is 5.62. The van der Waals surface area contributed by atoms with Crippen molar-refractivity contribution in [2.45, 2.75) is 37.8 Å². The molecule has 0 saturated carbocycles. The van der Waals surface area contributed by atoms with Gasteiger partial charge in [0.1, 0.15) is 4.83 Å². The quantitative estimate of drug-likeness (QED) is 0.450. The number of benzene rings is 1. The van der Waals surface area contributed by atoms with E-state index in [1.54, 1.807) is 11.3 Å². The molecule has 5 heterocycles. The summed E-state index contributed by atoms with van der Waals surface area (Å²) in [6.45, 7) is 5.42. The van der Waals surface area contributed by atoms with Gasteiger partial charge in [0, 0.05) is 34.6 Å². The molecule has 154 valence electrons. The highest BCUT2D eigenvalue weighted by Gasteiger charge is 2.36. The molecular formula is C23H24N4OS2. The Bertz CT molecular complexity index is 1200. The number of hydrogen-bond donors (Lipinski definition) is 1. The summed E-state index contributed by atoms with van der Waals surface area (Å²) in [6, 6.07) is 11.4. The van der Waals surface area contributed by atoms with Crippen LogP contribution in [0.2, 0.25) is 0 Å². The summed E-state index contributed by atoms with van der Waals surface area (Å²) in [4.78, 5) is 14.3. The lowest BCUT2D eigenvalue weighted by atomic mass is 9.93. The van der Waals surface area contributed by atoms with Crippen LogP contribution in [0.1, 0.15) is 30.6 Å². The number of likely N-dealkylation sites (tertiary alicyclic amines) is 1. The molecule has 2 aliphatic heterocycles. The maximum absolute atomic E-state index is 5.62. The van der Waals surface area contributed by atoms with Gasteiger partial charge in [0.2, 0.25) is 0 Å². The summed E-state index contributed by atoms with van der Waals surface area (Å²) in [5.41, 5.74) is 5.12. The molecule has 4 aromatic rings. The summed E-state index contributed by atoms with van der Waals surface area (Å²) in [5.74, 6) is 0.588. The highest BCUT2D eigenvalue weighted by atomic mass is 32.1. The molecule has 6 rings (SSSR count). The average Bonchev–Trinajstić information content (AvgIpc) is 3.40. The van der Waals surface area contributed by atoms with Crippen LogP contribution in [0.25, 0.3) is 20.4 Å². The number of thiophene rings is 1. The maximum Gasteiger partial charge on any atom is 0.125 e. The molecule has 2 aliphatic rings. The van der Waals surface area contributed by atoms with E-state index in [0.29, 0.717) is 18.1 Å². The van der Waals surface area contributed by atoms with Crippen molar-refractivity contribution < 1.29 is 4.74 Å². The second-order valence-electron chi connectivity index (χ2n) is 8.33. The van der Waals surface area contributed by atoms with E-state index >= 15 is 0 Å². The second-order valence-corrected chi connectivity index (χ2v) is 10.3. The van der Waals surface area contributed by atoms with Gasteiger partial charge >= 0.3 is 0 Å². The zero-order valence-corrected chi connectivity index (χ0v) is 18.5. The van der Waals surface area contributed by atoms with Crippen molar-refractivity contribution in [1.82, 2.24) is 14.9 Å². The normalized spacial score (nSPS) is 24.9. The highest BCUT2D eigenvalue weighted by molar-refractivity contribution is 7.18. The molecule has 1 aromatic carbocycles. The topological polar surface area (TPSA) is 50.3 Å². The Morgan fingerprint density at radius 1 is 1.20 bits per heavy atom. The molecule has 1 N–H and O–H groups in total. The summed E-state index contributed by atoms with van der Waals surface area (Å²) in [6.07, 6.45) is 4.80. The highest BCUT2D eigenvalue weighted by Crippen LogP contribution is 2.39. The second kappa shape index (κ2) is 7.57. The fourth-order valence-electron chi connectivity index (χ4n) is 4.68. The summed E-state index contributed by atoms with van der Waals surface area (Å²) in [5, 5.41) is 4.82. The predicted octanol–water partition coefficient (Wildman–Crippen LogP) is 5.62. The van der Waals surface area contributed by atoms with Crippen LogP contribution >= 0.6 is 22.7 Å². The third-order valence-electron chi connectivity index (χ3n) is 6.46. The van der Waals surface area contributed by atoms with Gasteiger partial charge in [-0.3, -0.25) is 4.90 Å². The van der Waals surface area contributed by atoms with Gasteiger partial charge < -0.3 is 10.1 Å². The van der Waals surface area contributed by atoms with Gasteiger partial charge in [0.25, 0.3) is 0 Å². The van der Waals surface area contributed by atoms with E-state index in [0.717, 1.165) is 34.9 Å². The van der Waals surface area contributed by atoms with Gasteiger partial charge in [-0.05, 0) is 56.6 Å². The van der Waals surface area contributed by atoms with Crippen LogP contribution in [0.5, 0.6) is 0 Å². The smallest absolute Gasteiger partial charge is 0.125 e. The molecule has 3 atom stereocenters. The Kier molecular flexibility index (Phi) is 4.71. The van der Waals surface area contributed by atoms with E-state index in [1.807, 2.05) is 23.0 Å². The van der Waals surface area contributed by atoms with Crippen LogP contribution < -0.4 is 5.32 Å².